The Kier molecular flexibility index (Phi) is 12.8. The minimum absolute atomic E-state index is 0.111. The number of carboxylic acid groups (broad SMARTS) is 1. The van der Waals surface area contributed by atoms with E-state index in [0.29, 0.717) is 45.6 Å². The van der Waals surface area contributed by atoms with Crippen LogP contribution in [0.1, 0.15) is 37.8 Å². The Morgan fingerprint density at radius 2 is 1.46 bits per heavy atom. The topological polar surface area (TPSA) is 137 Å². The molecule has 2 unspecified atom stereocenters. The van der Waals surface area contributed by atoms with Crippen LogP contribution in [0.3, 0.4) is 0 Å². The summed E-state index contributed by atoms with van der Waals surface area (Å²) in [5.41, 5.74) is 1.79. The number of nitrogens with zero attached hydrogens (tertiary/aromatic N) is 1. The molecule has 3 rings (SSSR count). The number of rotatable bonds is 15. The van der Waals surface area contributed by atoms with Crippen molar-refractivity contribution in [3.8, 4) is 0 Å². The number of carboxylic acids is 1. The van der Waals surface area contributed by atoms with Crippen molar-refractivity contribution in [2.75, 3.05) is 32.8 Å². The van der Waals surface area contributed by atoms with E-state index in [4.69, 9.17) is 4.74 Å². The van der Waals surface area contributed by atoms with Crippen LogP contribution in [0, 0.1) is 5.92 Å². The van der Waals surface area contributed by atoms with E-state index in [1.807, 2.05) is 55.1 Å². The molecule has 4 N–H and O–H groups in total. The van der Waals surface area contributed by atoms with Gasteiger partial charge in [0.2, 0.25) is 17.7 Å². The van der Waals surface area contributed by atoms with Crippen molar-refractivity contribution in [1.29, 1.82) is 0 Å². The van der Waals surface area contributed by atoms with Crippen LogP contribution in [0.4, 0.5) is 0 Å². The molecule has 1 heterocycles. The third-order valence-corrected chi connectivity index (χ3v) is 7.38. The van der Waals surface area contributed by atoms with Gasteiger partial charge in [-0.15, -0.1) is 0 Å². The quantitative estimate of drug-likeness (QED) is 0.258. The van der Waals surface area contributed by atoms with Gasteiger partial charge in [-0.05, 0) is 29.9 Å². The summed E-state index contributed by atoms with van der Waals surface area (Å²) < 4.78 is 5.35. The van der Waals surface area contributed by atoms with E-state index >= 15 is 0 Å². The molecule has 41 heavy (non-hydrogen) atoms. The highest BCUT2D eigenvalue weighted by atomic mass is 16.5. The molecule has 3 amide bonds. The summed E-state index contributed by atoms with van der Waals surface area (Å²) in [5.74, 6) is -2.76. The summed E-state index contributed by atoms with van der Waals surface area (Å²) >= 11 is 0. The van der Waals surface area contributed by atoms with Crippen LogP contribution in [0.15, 0.2) is 60.7 Å². The van der Waals surface area contributed by atoms with E-state index in [1.54, 1.807) is 24.3 Å². The Balaban J connectivity index is 1.71. The van der Waals surface area contributed by atoms with Gasteiger partial charge < -0.3 is 25.8 Å². The lowest BCUT2D eigenvalue weighted by molar-refractivity contribution is -0.142. The van der Waals surface area contributed by atoms with E-state index < -0.39 is 35.9 Å². The van der Waals surface area contributed by atoms with Crippen molar-refractivity contribution in [2.24, 2.45) is 5.92 Å². The molecule has 1 fully saturated rings. The van der Waals surface area contributed by atoms with Gasteiger partial charge in [-0.2, -0.15) is 0 Å². The molecule has 222 valence electrons. The number of nitrogens with one attached hydrogen (secondary N) is 3. The van der Waals surface area contributed by atoms with Crippen LogP contribution in [0.5, 0.6) is 0 Å². The van der Waals surface area contributed by atoms with Crippen LogP contribution in [0.2, 0.25) is 0 Å². The van der Waals surface area contributed by atoms with Gasteiger partial charge in [0.15, 0.2) is 0 Å². The molecule has 0 bridgehead atoms. The van der Waals surface area contributed by atoms with Crippen molar-refractivity contribution < 1.29 is 29.0 Å². The fraction of sp³-hybridized carbons (Fsp3) is 0.484. The summed E-state index contributed by atoms with van der Waals surface area (Å²) in [5, 5.41) is 18.1. The first kappa shape index (κ1) is 31.8. The highest BCUT2D eigenvalue weighted by Gasteiger charge is 2.32. The monoisotopic (exact) mass is 566 g/mol. The molecule has 0 aliphatic carbocycles. The predicted octanol–water partition coefficient (Wildman–Crippen LogP) is 1.78. The molecule has 0 spiro atoms. The first-order valence-corrected chi connectivity index (χ1v) is 14.3. The number of hydrogen-bond donors (Lipinski definition) is 4. The minimum Gasteiger partial charge on any atom is -0.480 e. The summed E-state index contributed by atoms with van der Waals surface area (Å²) in [4.78, 5) is 53.8. The number of carbonyl (C=O) groups is 4. The van der Waals surface area contributed by atoms with E-state index in [2.05, 4.69) is 16.0 Å². The maximum Gasteiger partial charge on any atom is 0.326 e. The number of aryl methyl sites for hydroxylation is 1. The fourth-order valence-electron chi connectivity index (χ4n) is 4.69. The Labute approximate surface area is 241 Å². The van der Waals surface area contributed by atoms with E-state index in [9.17, 15) is 24.3 Å². The number of ether oxygens (including phenoxy) is 1. The van der Waals surface area contributed by atoms with Crippen molar-refractivity contribution in [3.63, 3.8) is 0 Å². The van der Waals surface area contributed by atoms with Crippen molar-refractivity contribution in [2.45, 2.75) is 57.7 Å². The van der Waals surface area contributed by atoms with Gasteiger partial charge in [0.1, 0.15) is 18.1 Å². The van der Waals surface area contributed by atoms with Gasteiger partial charge in [-0.3, -0.25) is 19.3 Å². The first-order valence-electron chi connectivity index (χ1n) is 14.3. The maximum atomic E-state index is 13.6. The predicted molar refractivity (Wildman–Crippen MR) is 155 cm³/mol. The maximum absolute atomic E-state index is 13.6. The molecular formula is C31H42N4O6. The number of amides is 3. The Morgan fingerprint density at radius 1 is 0.854 bits per heavy atom. The average molecular weight is 567 g/mol. The Morgan fingerprint density at radius 3 is 2.05 bits per heavy atom. The van der Waals surface area contributed by atoms with Crippen LogP contribution < -0.4 is 16.0 Å². The summed E-state index contributed by atoms with van der Waals surface area (Å²) in [6.45, 7) is 6.25. The van der Waals surface area contributed by atoms with Crippen LogP contribution in [-0.2, 0) is 36.8 Å². The molecule has 2 aromatic carbocycles. The van der Waals surface area contributed by atoms with Crippen LogP contribution in [0.25, 0.3) is 0 Å². The lowest BCUT2D eigenvalue weighted by atomic mass is 9.96. The number of morpholine rings is 1. The van der Waals surface area contributed by atoms with Crippen molar-refractivity contribution >= 4 is 23.7 Å². The second-order valence-electron chi connectivity index (χ2n) is 10.5. The zero-order valence-electron chi connectivity index (χ0n) is 23.9. The SMILES string of the molecule is CCC(C)C(NC(=O)[C@H](CCc1ccccc1)NC(=O)CN1CCOCC1)C(=O)N[C@@H](Cc1ccccc1)C(=O)O. The highest BCUT2D eigenvalue weighted by Crippen LogP contribution is 2.12. The normalized spacial score (nSPS) is 16.5. The zero-order chi connectivity index (χ0) is 29.6. The summed E-state index contributed by atoms with van der Waals surface area (Å²) in [6.07, 6.45) is 1.58. The third-order valence-electron chi connectivity index (χ3n) is 7.38. The molecule has 10 heteroatoms. The molecular weight excluding hydrogens is 524 g/mol. The van der Waals surface area contributed by atoms with E-state index in [1.165, 1.54) is 0 Å². The molecule has 1 aliphatic rings. The molecule has 1 saturated heterocycles. The fourth-order valence-corrected chi connectivity index (χ4v) is 4.69. The van der Waals surface area contributed by atoms with Gasteiger partial charge >= 0.3 is 5.97 Å². The van der Waals surface area contributed by atoms with E-state index in [-0.39, 0.29) is 24.8 Å². The van der Waals surface area contributed by atoms with Crippen molar-refractivity contribution in [3.05, 3.63) is 71.8 Å². The Hall–Kier alpha value is -3.76. The number of benzene rings is 2. The second-order valence-corrected chi connectivity index (χ2v) is 10.5. The van der Waals surface area contributed by atoms with Gasteiger partial charge in [0.05, 0.1) is 19.8 Å². The van der Waals surface area contributed by atoms with Crippen LogP contribution >= 0.6 is 0 Å². The lowest BCUT2D eigenvalue weighted by Gasteiger charge is -2.29. The number of aliphatic carboxylic acids is 1. The molecule has 10 nitrogen and oxygen atoms in total. The Bertz CT molecular complexity index is 1120. The van der Waals surface area contributed by atoms with Crippen LogP contribution in [-0.4, -0.2) is 84.7 Å². The zero-order valence-corrected chi connectivity index (χ0v) is 23.9. The smallest absolute Gasteiger partial charge is 0.326 e. The first-order chi connectivity index (χ1) is 19.8. The third kappa shape index (κ3) is 10.6. The highest BCUT2D eigenvalue weighted by molar-refractivity contribution is 5.93. The molecule has 1 aliphatic heterocycles. The molecule has 2 aromatic rings. The number of carbonyl (C=O) groups excluding carboxylic acids is 3. The van der Waals surface area contributed by atoms with Crippen molar-refractivity contribution in [1.82, 2.24) is 20.9 Å². The second kappa shape index (κ2) is 16.5. The number of hydrogen-bond acceptors (Lipinski definition) is 6. The summed E-state index contributed by atoms with van der Waals surface area (Å²) in [7, 11) is 0. The minimum atomic E-state index is -1.16. The standard InChI is InChI=1S/C31H42N4O6/c1-3-22(2)28(30(38)33-26(31(39)40)20-24-12-8-5-9-13-24)34-29(37)25(15-14-23-10-6-4-7-11-23)32-27(36)21-35-16-18-41-19-17-35/h4-13,22,25-26,28H,3,14-21H2,1-2H3,(H,32,36)(H,33,38)(H,34,37)(H,39,40)/t22?,25-,26-,28?/m0/s1. The van der Waals surface area contributed by atoms with Gasteiger partial charge in [0, 0.05) is 19.5 Å². The van der Waals surface area contributed by atoms with Gasteiger partial charge in [0.25, 0.3) is 0 Å². The largest absolute Gasteiger partial charge is 0.480 e. The average Bonchev–Trinajstić information content (AvgIpc) is 2.98. The molecule has 0 radical (unpaired) electrons. The molecule has 4 atom stereocenters. The van der Waals surface area contributed by atoms with E-state index in [0.717, 1.165) is 11.1 Å². The lowest BCUT2D eigenvalue weighted by Crippen LogP contribution is -2.58. The summed E-state index contributed by atoms with van der Waals surface area (Å²) in [6, 6.07) is 15.7. The molecule has 0 saturated carbocycles. The molecule has 0 aromatic heterocycles. The van der Waals surface area contributed by atoms with Gasteiger partial charge in [-0.25, -0.2) is 4.79 Å². The van der Waals surface area contributed by atoms with Gasteiger partial charge in [-0.1, -0.05) is 80.9 Å².